The maximum Gasteiger partial charge on any atom is 0.243 e. The van der Waals surface area contributed by atoms with Gasteiger partial charge in [-0.1, -0.05) is 11.3 Å². The highest BCUT2D eigenvalue weighted by Crippen LogP contribution is 2.30. The predicted octanol–water partition coefficient (Wildman–Crippen LogP) is 1.39. The molecular weight excluding hydrogens is 537 g/mol. The summed E-state index contributed by atoms with van der Waals surface area (Å²) in [6.07, 6.45) is 1.64. The van der Waals surface area contributed by atoms with Gasteiger partial charge >= 0.3 is 0 Å². The van der Waals surface area contributed by atoms with Crippen LogP contribution < -0.4 is 10.5 Å². The van der Waals surface area contributed by atoms with Gasteiger partial charge < -0.3 is 5.32 Å². The normalized spacial score (nSPS) is 16.4. The molecule has 4 rings (SSSR count). The molecule has 35 heavy (non-hydrogen) atoms. The van der Waals surface area contributed by atoms with Gasteiger partial charge in [0.1, 0.15) is 0 Å². The number of carbonyl (C=O) groups excluding carboxylic acids is 1. The first kappa shape index (κ1) is 25.7. The predicted molar refractivity (Wildman–Crippen MR) is 131 cm³/mol. The summed E-state index contributed by atoms with van der Waals surface area (Å²) in [5.41, 5.74) is 0.514. The van der Waals surface area contributed by atoms with Gasteiger partial charge in [0.15, 0.2) is 15.0 Å². The molecule has 0 spiro atoms. The van der Waals surface area contributed by atoms with Crippen molar-refractivity contribution in [1.82, 2.24) is 9.29 Å². The van der Waals surface area contributed by atoms with Crippen LogP contribution in [0.25, 0.3) is 10.2 Å². The van der Waals surface area contributed by atoms with E-state index in [9.17, 15) is 30.0 Å². The molecule has 0 unspecified atom stereocenters. The Kier molecular flexibility index (Phi) is 6.76. The molecule has 1 saturated heterocycles. The highest BCUT2D eigenvalue weighted by Gasteiger charge is 2.32. The fourth-order valence-corrected chi connectivity index (χ4v) is 7.33. The van der Waals surface area contributed by atoms with E-state index < -0.39 is 35.8 Å². The van der Waals surface area contributed by atoms with Gasteiger partial charge in [-0.3, -0.25) is 4.79 Å². The van der Waals surface area contributed by atoms with Crippen LogP contribution in [0.3, 0.4) is 0 Å². The molecule has 1 fully saturated rings. The quantitative estimate of drug-likeness (QED) is 0.456. The number of nitrogens with two attached hydrogens (primary N) is 1. The number of sulfonamides is 2. The maximum atomic E-state index is 12.9. The minimum absolute atomic E-state index is 0.0128. The zero-order chi connectivity index (χ0) is 25.6. The molecule has 0 aliphatic carbocycles. The van der Waals surface area contributed by atoms with Crippen LogP contribution in [0.1, 0.15) is 12.8 Å². The summed E-state index contributed by atoms with van der Waals surface area (Å²) < 4.78 is 73.9. The second-order valence-electron chi connectivity index (χ2n) is 8.10. The molecule has 11 nitrogen and oxygen atoms in total. The molecule has 2 heterocycles. The second-order valence-corrected chi connectivity index (χ2v) is 14.7. The molecule has 2 aromatic carbocycles. The molecule has 1 amide bonds. The van der Waals surface area contributed by atoms with E-state index in [1.807, 2.05) is 0 Å². The van der Waals surface area contributed by atoms with Gasteiger partial charge in [0, 0.05) is 25.3 Å². The number of primary sulfonamides is 1. The SMILES string of the molecule is CS(=O)(=O)c1ccc(S(=O)(=O)N2CCC(C(=O)Nc3nc4ccc(S(N)(=O)=O)cc4s3)CC2)cc1. The smallest absolute Gasteiger partial charge is 0.243 e. The molecule has 3 aromatic rings. The number of hydrogen-bond acceptors (Lipinski definition) is 9. The van der Waals surface area contributed by atoms with Crippen LogP contribution in [0.2, 0.25) is 0 Å². The van der Waals surface area contributed by atoms with Crippen LogP contribution in [0.4, 0.5) is 5.13 Å². The average Bonchev–Trinajstić information content (AvgIpc) is 3.19. The molecule has 3 N–H and O–H groups in total. The van der Waals surface area contributed by atoms with Gasteiger partial charge in [0.25, 0.3) is 0 Å². The second kappa shape index (κ2) is 9.22. The van der Waals surface area contributed by atoms with E-state index in [4.69, 9.17) is 5.14 Å². The zero-order valence-corrected chi connectivity index (χ0v) is 21.7. The number of nitrogens with zero attached hydrogens (tertiary/aromatic N) is 2. The number of benzene rings is 2. The van der Waals surface area contributed by atoms with Crippen molar-refractivity contribution >= 4 is 62.5 Å². The molecule has 0 radical (unpaired) electrons. The van der Waals surface area contributed by atoms with Gasteiger partial charge in [0.2, 0.25) is 26.0 Å². The van der Waals surface area contributed by atoms with Crippen LogP contribution >= 0.6 is 11.3 Å². The Labute approximate surface area is 207 Å². The fourth-order valence-electron chi connectivity index (χ4n) is 3.71. The highest BCUT2D eigenvalue weighted by atomic mass is 32.2. The molecule has 0 bridgehead atoms. The number of amides is 1. The number of rotatable bonds is 6. The van der Waals surface area contributed by atoms with Gasteiger partial charge in [-0.05, 0) is 55.3 Å². The number of carbonyl (C=O) groups is 1. The van der Waals surface area contributed by atoms with Crippen molar-refractivity contribution in [3.63, 3.8) is 0 Å². The van der Waals surface area contributed by atoms with E-state index in [1.165, 1.54) is 46.8 Å². The Balaban J connectivity index is 1.40. The summed E-state index contributed by atoms with van der Waals surface area (Å²) in [4.78, 5) is 17.0. The number of piperidine rings is 1. The van der Waals surface area contributed by atoms with E-state index in [0.717, 1.165) is 17.6 Å². The highest BCUT2D eigenvalue weighted by molar-refractivity contribution is 7.90. The average molecular weight is 559 g/mol. The Morgan fingerprint density at radius 1 is 0.971 bits per heavy atom. The lowest BCUT2D eigenvalue weighted by Gasteiger charge is -2.30. The monoisotopic (exact) mass is 558 g/mol. The summed E-state index contributed by atoms with van der Waals surface area (Å²) in [6.45, 7) is 0.262. The van der Waals surface area contributed by atoms with Crippen LogP contribution in [0, 0.1) is 5.92 Å². The summed E-state index contributed by atoms with van der Waals surface area (Å²) in [6, 6.07) is 9.28. The standard InChI is InChI=1S/C20H22N4O7S4/c1-33(26,27)14-2-4-15(5-3-14)35(30,31)24-10-8-13(9-11-24)19(25)23-20-22-17-7-6-16(34(21,28)29)12-18(17)32-20/h2-7,12-13H,8-11H2,1H3,(H2,21,28,29)(H,22,23,25). The van der Waals surface area contributed by atoms with Crippen LogP contribution in [-0.2, 0) is 34.7 Å². The van der Waals surface area contributed by atoms with Gasteiger partial charge in [0.05, 0.1) is 24.9 Å². The zero-order valence-electron chi connectivity index (χ0n) is 18.4. The number of thiazole rings is 1. The van der Waals surface area contributed by atoms with Crippen molar-refractivity contribution in [3.05, 3.63) is 42.5 Å². The van der Waals surface area contributed by atoms with Crippen LogP contribution in [-0.4, -0.2) is 59.8 Å². The molecule has 0 atom stereocenters. The van der Waals surface area contributed by atoms with Crippen molar-refractivity contribution in [3.8, 4) is 0 Å². The van der Waals surface area contributed by atoms with Crippen molar-refractivity contribution in [1.29, 1.82) is 0 Å². The molecule has 1 aromatic heterocycles. The van der Waals surface area contributed by atoms with Crippen molar-refractivity contribution in [2.24, 2.45) is 11.1 Å². The number of fused-ring (bicyclic) bond motifs is 1. The van der Waals surface area contributed by atoms with Crippen molar-refractivity contribution < 1.29 is 30.0 Å². The molecule has 15 heteroatoms. The molecule has 1 aliphatic rings. The number of hydrogen-bond donors (Lipinski definition) is 2. The Morgan fingerprint density at radius 3 is 2.11 bits per heavy atom. The third kappa shape index (κ3) is 5.54. The fraction of sp³-hybridized carbons (Fsp3) is 0.300. The van der Waals surface area contributed by atoms with Gasteiger partial charge in [-0.2, -0.15) is 4.31 Å². The first-order valence-corrected chi connectivity index (χ1v) is 16.0. The largest absolute Gasteiger partial charge is 0.302 e. The van der Waals surface area contributed by atoms with Gasteiger partial charge in [-0.15, -0.1) is 0 Å². The third-order valence-electron chi connectivity index (χ3n) is 5.63. The Bertz CT molecular complexity index is 1610. The lowest BCUT2D eigenvalue weighted by molar-refractivity contribution is -0.120. The number of anilines is 1. The van der Waals surface area contributed by atoms with E-state index >= 15 is 0 Å². The van der Waals surface area contributed by atoms with Crippen molar-refractivity contribution in [2.45, 2.75) is 27.5 Å². The minimum atomic E-state index is -3.86. The Hall–Kier alpha value is -2.43. The van der Waals surface area contributed by atoms with E-state index in [0.29, 0.717) is 28.2 Å². The summed E-state index contributed by atoms with van der Waals surface area (Å²) in [7, 11) is -11.1. The first-order valence-electron chi connectivity index (χ1n) is 10.3. The third-order valence-corrected chi connectivity index (χ3v) is 10.5. The minimum Gasteiger partial charge on any atom is -0.302 e. The summed E-state index contributed by atoms with van der Waals surface area (Å²) in [5, 5.41) is 8.18. The molecule has 188 valence electrons. The maximum absolute atomic E-state index is 12.9. The number of nitrogens with one attached hydrogen (secondary N) is 1. The summed E-state index contributed by atoms with van der Waals surface area (Å²) in [5.74, 6) is -0.730. The lowest BCUT2D eigenvalue weighted by Crippen LogP contribution is -2.41. The summed E-state index contributed by atoms with van der Waals surface area (Å²) >= 11 is 1.11. The molecular formula is C20H22N4O7S4. The first-order chi connectivity index (χ1) is 16.2. The van der Waals surface area contributed by atoms with Crippen LogP contribution in [0.15, 0.2) is 57.2 Å². The van der Waals surface area contributed by atoms with E-state index in [-0.39, 0.29) is 33.7 Å². The number of sulfone groups is 1. The Morgan fingerprint density at radius 2 is 1.54 bits per heavy atom. The number of aromatic nitrogens is 1. The lowest BCUT2D eigenvalue weighted by atomic mass is 9.97. The molecule has 0 saturated carbocycles. The van der Waals surface area contributed by atoms with Crippen molar-refractivity contribution in [2.75, 3.05) is 24.7 Å². The van der Waals surface area contributed by atoms with E-state index in [1.54, 1.807) is 0 Å². The molecule has 1 aliphatic heterocycles. The van der Waals surface area contributed by atoms with Gasteiger partial charge in [-0.25, -0.2) is 35.4 Å². The van der Waals surface area contributed by atoms with Crippen LogP contribution in [0.5, 0.6) is 0 Å². The topological polar surface area (TPSA) is 174 Å². The van der Waals surface area contributed by atoms with E-state index in [2.05, 4.69) is 10.3 Å².